The highest BCUT2D eigenvalue weighted by Crippen LogP contribution is 2.53. The Bertz CT molecular complexity index is 772. The summed E-state index contributed by atoms with van der Waals surface area (Å²) < 4.78 is 1.49. The number of aromatic amines is 1. The summed E-state index contributed by atoms with van der Waals surface area (Å²) in [6, 6.07) is 2.03. The first kappa shape index (κ1) is 13.9. The molecular formula is C16H19N3O2. The van der Waals surface area contributed by atoms with Crippen LogP contribution in [0.4, 0.5) is 0 Å². The lowest BCUT2D eigenvalue weighted by atomic mass is 9.52. The standard InChI is InChI=1S/C16H19N3O2/c1-15(2)11-6-5-10-12(18-19(4)14(10)21)16(11,3)7-9(8-17)13(15)20/h7,11,18H,5-6H2,1-4H3/t11-,16-/m0/s1. The molecule has 0 spiro atoms. The van der Waals surface area contributed by atoms with Gasteiger partial charge in [-0.15, -0.1) is 0 Å². The van der Waals surface area contributed by atoms with E-state index in [1.807, 2.05) is 26.8 Å². The summed E-state index contributed by atoms with van der Waals surface area (Å²) in [6.45, 7) is 5.85. The summed E-state index contributed by atoms with van der Waals surface area (Å²) in [5.41, 5.74) is 0.771. The minimum absolute atomic E-state index is 0.00807. The van der Waals surface area contributed by atoms with Crippen LogP contribution in [0.5, 0.6) is 0 Å². The number of rotatable bonds is 0. The van der Waals surface area contributed by atoms with E-state index in [0.29, 0.717) is 6.42 Å². The van der Waals surface area contributed by atoms with Gasteiger partial charge in [0.2, 0.25) is 0 Å². The van der Waals surface area contributed by atoms with Gasteiger partial charge in [0.1, 0.15) is 6.07 Å². The van der Waals surface area contributed by atoms with Crippen molar-refractivity contribution in [2.45, 2.75) is 39.0 Å². The maximum atomic E-state index is 12.5. The molecule has 3 rings (SSSR count). The quantitative estimate of drug-likeness (QED) is 0.786. The smallest absolute Gasteiger partial charge is 0.269 e. The van der Waals surface area contributed by atoms with Gasteiger partial charge in [-0.1, -0.05) is 26.8 Å². The average molecular weight is 285 g/mol. The Labute approximate surface area is 123 Å². The summed E-state index contributed by atoms with van der Waals surface area (Å²) in [4.78, 5) is 24.7. The molecule has 0 amide bonds. The fraction of sp³-hybridized carbons (Fsp3) is 0.562. The van der Waals surface area contributed by atoms with E-state index < -0.39 is 10.8 Å². The Kier molecular flexibility index (Phi) is 2.62. The van der Waals surface area contributed by atoms with Gasteiger partial charge in [0.25, 0.3) is 5.56 Å². The number of allylic oxidation sites excluding steroid dienone is 2. The second-order valence-corrected chi connectivity index (χ2v) is 6.92. The van der Waals surface area contributed by atoms with Gasteiger partial charge < -0.3 is 0 Å². The lowest BCUT2D eigenvalue weighted by Crippen LogP contribution is -2.51. The predicted octanol–water partition coefficient (Wildman–Crippen LogP) is 1.59. The largest absolute Gasteiger partial charge is 0.299 e. The van der Waals surface area contributed by atoms with Crippen molar-refractivity contribution in [2.75, 3.05) is 0 Å². The van der Waals surface area contributed by atoms with Gasteiger partial charge in [-0.3, -0.25) is 19.4 Å². The number of H-pyrrole nitrogens is 1. The molecule has 1 N–H and O–H groups in total. The minimum Gasteiger partial charge on any atom is -0.299 e. The van der Waals surface area contributed by atoms with Gasteiger partial charge in [0.05, 0.1) is 11.3 Å². The highest BCUT2D eigenvalue weighted by molar-refractivity contribution is 6.04. The molecule has 1 aromatic heterocycles. The van der Waals surface area contributed by atoms with Crippen molar-refractivity contribution in [3.8, 4) is 6.07 Å². The van der Waals surface area contributed by atoms with Gasteiger partial charge in [-0.25, -0.2) is 0 Å². The summed E-state index contributed by atoms with van der Waals surface area (Å²) in [7, 11) is 1.70. The van der Waals surface area contributed by atoms with Crippen molar-refractivity contribution in [1.82, 2.24) is 9.78 Å². The van der Waals surface area contributed by atoms with Crippen molar-refractivity contribution >= 4 is 5.78 Å². The van der Waals surface area contributed by atoms with Gasteiger partial charge in [0, 0.05) is 23.4 Å². The van der Waals surface area contributed by atoms with E-state index in [1.165, 1.54) is 4.68 Å². The molecule has 0 saturated heterocycles. The van der Waals surface area contributed by atoms with Crippen LogP contribution in [-0.4, -0.2) is 15.6 Å². The molecule has 110 valence electrons. The van der Waals surface area contributed by atoms with Crippen molar-refractivity contribution in [3.63, 3.8) is 0 Å². The molecule has 2 atom stereocenters. The molecule has 0 aliphatic heterocycles. The van der Waals surface area contributed by atoms with Crippen LogP contribution in [0.3, 0.4) is 0 Å². The number of aryl methyl sites for hydroxylation is 1. The Morgan fingerprint density at radius 3 is 2.67 bits per heavy atom. The van der Waals surface area contributed by atoms with E-state index in [2.05, 4.69) is 5.10 Å². The zero-order valence-corrected chi connectivity index (χ0v) is 12.8. The molecule has 0 unspecified atom stereocenters. The lowest BCUT2D eigenvalue weighted by Gasteiger charge is -2.49. The van der Waals surface area contributed by atoms with Crippen LogP contribution in [-0.2, 0) is 23.7 Å². The van der Waals surface area contributed by atoms with E-state index in [1.54, 1.807) is 13.1 Å². The topological polar surface area (TPSA) is 78.7 Å². The fourth-order valence-corrected chi connectivity index (χ4v) is 4.27. The van der Waals surface area contributed by atoms with Crippen LogP contribution in [0.2, 0.25) is 0 Å². The summed E-state index contributed by atoms with van der Waals surface area (Å²) >= 11 is 0. The number of carbonyl (C=O) groups excluding carboxylic acids is 1. The molecule has 2 aliphatic rings. The molecule has 21 heavy (non-hydrogen) atoms. The van der Waals surface area contributed by atoms with Gasteiger partial charge >= 0.3 is 0 Å². The third-order valence-corrected chi connectivity index (χ3v) is 5.36. The van der Waals surface area contributed by atoms with Gasteiger partial charge in [0.15, 0.2) is 5.78 Å². The molecule has 2 aliphatic carbocycles. The van der Waals surface area contributed by atoms with Gasteiger partial charge in [-0.05, 0) is 18.8 Å². The number of Topliss-reactive ketones (excluding diaryl/α,β-unsaturated/α-hetero) is 1. The van der Waals surface area contributed by atoms with E-state index >= 15 is 0 Å². The lowest BCUT2D eigenvalue weighted by molar-refractivity contribution is -0.128. The van der Waals surface area contributed by atoms with Crippen molar-refractivity contribution in [2.24, 2.45) is 18.4 Å². The highest BCUT2D eigenvalue weighted by Gasteiger charge is 2.55. The van der Waals surface area contributed by atoms with Crippen LogP contribution in [0.15, 0.2) is 16.4 Å². The SMILES string of the molecule is Cn1[nH]c2c(c1=O)CC[C@H]1C(C)(C)C(=O)C(C#N)=C[C@]21C. The monoisotopic (exact) mass is 285 g/mol. The fourth-order valence-electron chi connectivity index (χ4n) is 4.27. The molecule has 0 aromatic carbocycles. The van der Waals surface area contributed by atoms with Crippen molar-refractivity contribution in [3.05, 3.63) is 33.3 Å². The Hall–Kier alpha value is -2.09. The van der Waals surface area contributed by atoms with Crippen LogP contribution in [0, 0.1) is 22.7 Å². The number of nitrogens with one attached hydrogen (secondary N) is 1. The summed E-state index contributed by atoms with van der Waals surface area (Å²) in [6.07, 6.45) is 3.22. The first-order valence-corrected chi connectivity index (χ1v) is 7.19. The predicted molar refractivity (Wildman–Crippen MR) is 77.7 cm³/mol. The second kappa shape index (κ2) is 3.97. The van der Waals surface area contributed by atoms with E-state index in [9.17, 15) is 14.9 Å². The third-order valence-electron chi connectivity index (χ3n) is 5.36. The zero-order valence-electron chi connectivity index (χ0n) is 12.8. The number of nitrogens with zero attached hydrogens (tertiary/aromatic N) is 2. The van der Waals surface area contributed by atoms with Crippen molar-refractivity contribution < 1.29 is 4.79 Å². The molecule has 0 fully saturated rings. The molecular weight excluding hydrogens is 266 g/mol. The number of fused-ring (bicyclic) bond motifs is 3. The summed E-state index contributed by atoms with van der Waals surface area (Å²) in [5.74, 6) is -0.00523. The number of hydrogen-bond donors (Lipinski definition) is 1. The maximum absolute atomic E-state index is 12.5. The number of hydrogen-bond acceptors (Lipinski definition) is 3. The van der Waals surface area contributed by atoms with Crippen molar-refractivity contribution in [1.29, 1.82) is 5.26 Å². The first-order chi connectivity index (χ1) is 9.73. The second-order valence-electron chi connectivity index (χ2n) is 6.92. The molecule has 0 bridgehead atoms. The summed E-state index contributed by atoms with van der Waals surface area (Å²) in [5, 5.41) is 12.4. The first-order valence-electron chi connectivity index (χ1n) is 7.19. The molecule has 1 aromatic rings. The molecule has 0 radical (unpaired) electrons. The Morgan fingerprint density at radius 2 is 2.05 bits per heavy atom. The molecule has 1 heterocycles. The van der Waals surface area contributed by atoms with E-state index in [4.69, 9.17) is 0 Å². The number of aromatic nitrogens is 2. The molecule has 5 nitrogen and oxygen atoms in total. The highest BCUT2D eigenvalue weighted by atomic mass is 16.1. The zero-order chi connectivity index (χ0) is 15.6. The normalized spacial score (nSPS) is 30.1. The number of ketones is 1. The van der Waals surface area contributed by atoms with Crippen LogP contribution >= 0.6 is 0 Å². The van der Waals surface area contributed by atoms with Gasteiger partial charge in [-0.2, -0.15) is 5.26 Å². The number of carbonyl (C=O) groups is 1. The Morgan fingerprint density at radius 1 is 1.38 bits per heavy atom. The Balaban J connectivity index is 2.33. The number of nitriles is 1. The van der Waals surface area contributed by atoms with Crippen LogP contribution < -0.4 is 5.56 Å². The van der Waals surface area contributed by atoms with Crippen LogP contribution in [0.25, 0.3) is 0 Å². The van der Waals surface area contributed by atoms with Crippen LogP contribution in [0.1, 0.15) is 38.4 Å². The molecule has 5 heteroatoms. The minimum atomic E-state index is -0.598. The maximum Gasteiger partial charge on any atom is 0.269 e. The average Bonchev–Trinajstić information content (AvgIpc) is 2.72. The third kappa shape index (κ3) is 1.56. The molecule has 0 saturated carbocycles. The van der Waals surface area contributed by atoms with E-state index in [0.717, 1.165) is 17.7 Å². The van der Waals surface area contributed by atoms with E-state index in [-0.39, 0.29) is 22.8 Å².